The van der Waals surface area contributed by atoms with Crippen LogP contribution in [0.1, 0.15) is 40.9 Å². The first-order valence-corrected chi connectivity index (χ1v) is 9.45. The number of hydrogen-bond acceptors (Lipinski definition) is 4. The van der Waals surface area contributed by atoms with Crippen LogP contribution in [0.5, 0.6) is 0 Å². The van der Waals surface area contributed by atoms with E-state index in [0.717, 1.165) is 18.4 Å². The van der Waals surface area contributed by atoms with Gasteiger partial charge >= 0.3 is 5.97 Å². The van der Waals surface area contributed by atoms with Gasteiger partial charge in [0.05, 0.1) is 24.6 Å². The lowest BCUT2D eigenvalue weighted by Crippen LogP contribution is -2.32. The number of furan rings is 1. The number of carboxylic acid groups (broad SMARTS) is 1. The van der Waals surface area contributed by atoms with Crippen LogP contribution in [-0.4, -0.2) is 33.8 Å². The van der Waals surface area contributed by atoms with Crippen molar-refractivity contribution in [2.75, 3.05) is 0 Å². The van der Waals surface area contributed by atoms with E-state index in [1.54, 1.807) is 35.4 Å². The maximum atomic E-state index is 12.8. The highest BCUT2D eigenvalue weighted by Crippen LogP contribution is 2.40. The van der Waals surface area contributed by atoms with Crippen molar-refractivity contribution < 1.29 is 23.9 Å². The van der Waals surface area contributed by atoms with Crippen LogP contribution in [0, 0.1) is 11.8 Å². The molecule has 2 aliphatic carbocycles. The van der Waals surface area contributed by atoms with Gasteiger partial charge in [-0.3, -0.25) is 14.4 Å². The molecule has 7 nitrogen and oxygen atoms in total. The molecule has 7 heteroatoms. The third kappa shape index (κ3) is 4.24. The second kappa shape index (κ2) is 7.50. The van der Waals surface area contributed by atoms with E-state index in [9.17, 15) is 14.4 Å². The topological polar surface area (TPSA) is 99.9 Å². The zero-order chi connectivity index (χ0) is 19.7. The molecule has 1 heterocycles. The van der Waals surface area contributed by atoms with Gasteiger partial charge in [-0.05, 0) is 49.1 Å². The van der Waals surface area contributed by atoms with E-state index in [2.05, 4.69) is 5.32 Å². The summed E-state index contributed by atoms with van der Waals surface area (Å²) in [6, 6.07) is 11.0. The van der Waals surface area contributed by atoms with Crippen LogP contribution in [0.4, 0.5) is 0 Å². The highest BCUT2D eigenvalue weighted by Gasteiger charge is 2.49. The summed E-state index contributed by atoms with van der Waals surface area (Å²) >= 11 is 0. The van der Waals surface area contributed by atoms with Crippen molar-refractivity contribution in [2.45, 2.75) is 38.4 Å². The Hall–Kier alpha value is -3.09. The summed E-state index contributed by atoms with van der Waals surface area (Å²) in [7, 11) is 0. The number of carboxylic acids is 1. The lowest BCUT2D eigenvalue weighted by atomic mass is 10.1. The third-order valence-corrected chi connectivity index (χ3v) is 5.17. The Kier molecular flexibility index (Phi) is 4.90. The van der Waals surface area contributed by atoms with E-state index in [1.807, 2.05) is 12.1 Å². The highest BCUT2D eigenvalue weighted by atomic mass is 16.4. The molecule has 2 aliphatic rings. The smallest absolute Gasteiger partial charge is 0.307 e. The Morgan fingerprint density at radius 2 is 1.82 bits per heavy atom. The zero-order valence-electron chi connectivity index (χ0n) is 15.3. The lowest BCUT2D eigenvalue weighted by Gasteiger charge is -2.22. The largest absolute Gasteiger partial charge is 0.481 e. The molecule has 0 bridgehead atoms. The minimum absolute atomic E-state index is 0.0835. The van der Waals surface area contributed by atoms with Gasteiger partial charge in [-0.25, -0.2) is 0 Å². The van der Waals surface area contributed by atoms with Gasteiger partial charge in [-0.2, -0.15) is 0 Å². The molecule has 2 saturated carbocycles. The van der Waals surface area contributed by atoms with Crippen LogP contribution in [0.3, 0.4) is 0 Å². The van der Waals surface area contributed by atoms with Crippen molar-refractivity contribution in [3.05, 3.63) is 59.5 Å². The average molecular weight is 382 g/mol. The molecule has 2 atom stereocenters. The second-order valence-electron chi connectivity index (χ2n) is 7.51. The molecule has 2 N–H and O–H groups in total. The molecule has 2 amide bonds. The number of carbonyl (C=O) groups excluding carboxylic acids is 2. The van der Waals surface area contributed by atoms with E-state index >= 15 is 0 Å². The van der Waals surface area contributed by atoms with Crippen LogP contribution in [0.15, 0.2) is 47.1 Å². The zero-order valence-corrected chi connectivity index (χ0v) is 15.3. The fraction of sp³-hybridized carbons (Fsp3) is 0.381. The summed E-state index contributed by atoms with van der Waals surface area (Å²) in [4.78, 5) is 37.7. The van der Waals surface area contributed by atoms with Crippen LogP contribution < -0.4 is 5.32 Å². The van der Waals surface area contributed by atoms with Crippen LogP contribution in [0.2, 0.25) is 0 Å². The summed E-state index contributed by atoms with van der Waals surface area (Å²) in [6.45, 7) is 0.603. The summed E-state index contributed by atoms with van der Waals surface area (Å²) in [5.41, 5.74) is 1.46. The molecule has 28 heavy (non-hydrogen) atoms. The molecular weight excluding hydrogens is 360 g/mol. The summed E-state index contributed by atoms with van der Waals surface area (Å²) < 4.78 is 5.36. The van der Waals surface area contributed by atoms with Gasteiger partial charge in [-0.15, -0.1) is 0 Å². The first-order chi connectivity index (χ1) is 13.5. The molecule has 4 rings (SSSR count). The summed E-state index contributed by atoms with van der Waals surface area (Å²) in [5, 5.41) is 12.1. The van der Waals surface area contributed by atoms with Crippen molar-refractivity contribution in [3.8, 4) is 0 Å². The van der Waals surface area contributed by atoms with Gasteiger partial charge < -0.3 is 19.7 Å². The molecule has 0 saturated heterocycles. The maximum Gasteiger partial charge on any atom is 0.307 e. The Morgan fingerprint density at radius 3 is 2.39 bits per heavy atom. The highest BCUT2D eigenvalue weighted by molar-refractivity contribution is 5.94. The monoisotopic (exact) mass is 382 g/mol. The number of aliphatic carboxylic acids is 1. The Balaban J connectivity index is 1.44. The van der Waals surface area contributed by atoms with E-state index in [0.29, 0.717) is 30.3 Å². The van der Waals surface area contributed by atoms with Gasteiger partial charge in [0.15, 0.2) is 0 Å². The molecule has 146 valence electrons. The molecule has 0 spiro atoms. The van der Waals surface area contributed by atoms with Crippen molar-refractivity contribution in [3.63, 3.8) is 0 Å². The maximum absolute atomic E-state index is 12.8. The minimum atomic E-state index is -0.928. The first-order valence-electron chi connectivity index (χ1n) is 9.45. The molecule has 0 aliphatic heterocycles. The quantitative estimate of drug-likeness (QED) is 0.730. The first kappa shape index (κ1) is 18.3. The van der Waals surface area contributed by atoms with Crippen molar-refractivity contribution in [1.29, 1.82) is 0 Å². The van der Waals surface area contributed by atoms with Gasteiger partial charge in [0.25, 0.3) is 5.91 Å². The number of benzene rings is 1. The third-order valence-electron chi connectivity index (χ3n) is 5.17. The lowest BCUT2D eigenvalue weighted by molar-refractivity contribution is -0.142. The van der Waals surface area contributed by atoms with E-state index in [1.165, 1.54) is 0 Å². The molecular formula is C21H22N2O5. The van der Waals surface area contributed by atoms with E-state index in [4.69, 9.17) is 9.52 Å². The van der Waals surface area contributed by atoms with E-state index in [-0.39, 0.29) is 18.4 Å². The molecule has 1 aromatic heterocycles. The minimum Gasteiger partial charge on any atom is -0.481 e. The Labute approximate surface area is 162 Å². The van der Waals surface area contributed by atoms with Gasteiger partial charge in [0, 0.05) is 18.2 Å². The Bertz CT molecular complexity index is 871. The van der Waals surface area contributed by atoms with Crippen LogP contribution in [0.25, 0.3) is 0 Å². The molecule has 0 radical (unpaired) electrons. The fourth-order valence-electron chi connectivity index (χ4n) is 3.26. The number of carbonyl (C=O) groups is 3. The number of hydrogen-bond donors (Lipinski definition) is 2. The normalized spacial score (nSPS) is 20.4. The Morgan fingerprint density at radius 1 is 1.07 bits per heavy atom. The second-order valence-corrected chi connectivity index (χ2v) is 7.51. The van der Waals surface area contributed by atoms with Gasteiger partial charge in [0.1, 0.15) is 5.76 Å². The number of nitrogens with one attached hydrogen (secondary N) is 1. The predicted molar refractivity (Wildman–Crippen MR) is 99.1 cm³/mol. The predicted octanol–water partition coefficient (Wildman–Crippen LogP) is 2.42. The number of rotatable bonds is 8. The molecule has 1 aromatic carbocycles. The SMILES string of the molecule is O=C(NC1CC1)c1ccc(CN(Cc2ccco2)C(=O)C2CC2C(=O)O)cc1. The molecule has 2 fully saturated rings. The van der Waals surface area contributed by atoms with E-state index < -0.39 is 17.8 Å². The molecule has 2 unspecified atom stereocenters. The summed E-state index contributed by atoms with van der Waals surface area (Å²) in [6.07, 6.45) is 3.99. The number of amides is 2. The van der Waals surface area contributed by atoms with Gasteiger partial charge in [-0.1, -0.05) is 12.1 Å². The summed E-state index contributed by atoms with van der Waals surface area (Å²) in [5.74, 6) is -1.63. The fourth-order valence-corrected chi connectivity index (χ4v) is 3.26. The van der Waals surface area contributed by atoms with Crippen molar-refractivity contribution in [1.82, 2.24) is 10.2 Å². The van der Waals surface area contributed by atoms with Crippen molar-refractivity contribution >= 4 is 17.8 Å². The number of nitrogens with zero attached hydrogens (tertiary/aromatic N) is 1. The van der Waals surface area contributed by atoms with Gasteiger partial charge in [0.2, 0.25) is 5.91 Å². The van der Waals surface area contributed by atoms with Crippen molar-refractivity contribution in [2.24, 2.45) is 11.8 Å². The van der Waals surface area contributed by atoms with Crippen LogP contribution in [-0.2, 0) is 22.7 Å². The van der Waals surface area contributed by atoms with Crippen LogP contribution >= 0.6 is 0 Å². The molecule has 2 aromatic rings. The average Bonchev–Trinajstić information content (AvgIpc) is 3.60. The standard InChI is InChI=1S/C21H22N2O5/c24-19(22-15-7-8-15)14-5-3-13(4-6-14)11-23(12-16-2-1-9-28-16)20(25)17-10-18(17)21(26)27/h1-6,9,15,17-18H,7-8,10-12H2,(H,22,24)(H,26,27).